The highest BCUT2D eigenvalue weighted by molar-refractivity contribution is 5.94. The fraction of sp³-hybridized carbons (Fsp3) is 0.474. The van der Waals surface area contributed by atoms with Crippen molar-refractivity contribution in [2.75, 3.05) is 13.1 Å². The molecular formula is C19H25N3O2. The molecule has 1 aliphatic rings. The number of benzene rings is 1. The van der Waals surface area contributed by atoms with Crippen molar-refractivity contribution in [2.24, 2.45) is 0 Å². The Hall–Kier alpha value is -2.30. The number of amides is 2. The molecule has 0 spiro atoms. The Bertz CT molecular complexity index is 807. The maximum Gasteiger partial charge on any atom is 0.227 e. The first-order valence-electron chi connectivity index (χ1n) is 8.49. The van der Waals surface area contributed by atoms with Gasteiger partial charge in [0.05, 0.1) is 6.42 Å². The van der Waals surface area contributed by atoms with Crippen LogP contribution in [0.4, 0.5) is 0 Å². The van der Waals surface area contributed by atoms with Gasteiger partial charge in [0.2, 0.25) is 11.8 Å². The van der Waals surface area contributed by atoms with Crippen molar-refractivity contribution < 1.29 is 9.59 Å². The molecule has 128 valence electrons. The van der Waals surface area contributed by atoms with Crippen LogP contribution in [0, 0.1) is 20.8 Å². The summed E-state index contributed by atoms with van der Waals surface area (Å²) >= 11 is 0. The molecule has 1 aromatic heterocycles. The standard InChI is InChI=1S/C19H25N3O2/c1-11-5-6-12(2)19-18(11)16(13(3)20-19)9-17(24)22-8-7-15(10-22)21-14(4)23/h5-6,15,20H,7-10H2,1-4H3,(H,21,23)/t15-/m0/s1. The molecule has 1 atom stereocenters. The summed E-state index contributed by atoms with van der Waals surface area (Å²) in [5.41, 5.74) is 5.69. The van der Waals surface area contributed by atoms with Crippen molar-refractivity contribution in [3.63, 3.8) is 0 Å². The molecule has 2 aromatic rings. The number of aromatic amines is 1. The highest BCUT2D eigenvalue weighted by atomic mass is 16.2. The van der Waals surface area contributed by atoms with Gasteiger partial charge in [-0.05, 0) is 43.9 Å². The van der Waals surface area contributed by atoms with Gasteiger partial charge in [0.25, 0.3) is 0 Å². The molecule has 5 nitrogen and oxygen atoms in total. The number of carbonyl (C=O) groups is 2. The Labute approximate surface area is 142 Å². The molecule has 2 N–H and O–H groups in total. The number of hydrogen-bond acceptors (Lipinski definition) is 2. The van der Waals surface area contributed by atoms with Gasteiger partial charge >= 0.3 is 0 Å². The third-order valence-corrected chi connectivity index (χ3v) is 4.97. The van der Waals surface area contributed by atoms with E-state index in [9.17, 15) is 9.59 Å². The van der Waals surface area contributed by atoms with Crippen LogP contribution in [0.3, 0.4) is 0 Å². The summed E-state index contributed by atoms with van der Waals surface area (Å²) in [5, 5.41) is 4.08. The first-order chi connectivity index (χ1) is 11.4. The van der Waals surface area contributed by atoms with Gasteiger partial charge < -0.3 is 15.2 Å². The monoisotopic (exact) mass is 327 g/mol. The molecule has 5 heteroatoms. The smallest absolute Gasteiger partial charge is 0.227 e. The molecule has 0 bridgehead atoms. The summed E-state index contributed by atoms with van der Waals surface area (Å²) in [6.45, 7) is 9.05. The van der Waals surface area contributed by atoms with Gasteiger partial charge in [-0.25, -0.2) is 0 Å². The summed E-state index contributed by atoms with van der Waals surface area (Å²) in [4.78, 5) is 29.2. The third kappa shape index (κ3) is 3.03. The second-order valence-corrected chi connectivity index (χ2v) is 6.88. The van der Waals surface area contributed by atoms with Crippen molar-refractivity contribution in [3.05, 3.63) is 34.5 Å². The highest BCUT2D eigenvalue weighted by Crippen LogP contribution is 2.29. The fourth-order valence-corrected chi connectivity index (χ4v) is 3.69. The van der Waals surface area contributed by atoms with Crippen LogP contribution < -0.4 is 5.32 Å². The van der Waals surface area contributed by atoms with Crippen LogP contribution in [-0.4, -0.2) is 40.8 Å². The zero-order valence-corrected chi connectivity index (χ0v) is 14.8. The fourth-order valence-electron chi connectivity index (χ4n) is 3.69. The second kappa shape index (κ2) is 6.30. The average Bonchev–Trinajstić information content (AvgIpc) is 3.09. The predicted octanol–water partition coefficient (Wildman–Crippen LogP) is 2.37. The van der Waals surface area contributed by atoms with E-state index in [0.29, 0.717) is 19.5 Å². The minimum absolute atomic E-state index is 0.0344. The number of likely N-dealkylation sites (tertiary alicyclic amines) is 1. The van der Waals surface area contributed by atoms with Crippen molar-refractivity contribution in [3.8, 4) is 0 Å². The van der Waals surface area contributed by atoms with E-state index < -0.39 is 0 Å². The normalized spacial score (nSPS) is 17.5. The second-order valence-electron chi connectivity index (χ2n) is 6.88. The minimum Gasteiger partial charge on any atom is -0.358 e. The first-order valence-corrected chi connectivity index (χ1v) is 8.49. The van der Waals surface area contributed by atoms with E-state index >= 15 is 0 Å². The summed E-state index contributed by atoms with van der Waals surface area (Å²) in [6.07, 6.45) is 1.24. The zero-order chi connectivity index (χ0) is 17.4. The van der Waals surface area contributed by atoms with Crippen molar-refractivity contribution in [1.29, 1.82) is 0 Å². The van der Waals surface area contributed by atoms with Gasteiger partial charge in [-0.15, -0.1) is 0 Å². The van der Waals surface area contributed by atoms with Crippen LogP contribution in [0.2, 0.25) is 0 Å². The van der Waals surface area contributed by atoms with Gasteiger partial charge in [0.1, 0.15) is 0 Å². The first kappa shape index (κ1) is 16.6. The molecule has 0 unspecified atom stereocenters. The van der Waals surface area contributed by atoms with E-state index in [1.165, 1.54) is 23.4 Å². The number of aromatic nitrogens is 1. The average molecular weight is 327 g/mol. The van der Waals surface area contributed by atoms with Crippen molar-refractivity contribution in [2.45, 2.75) is 46.6 Å². The molecule has 24 heavy (non-hydrogen) atoms. The number of hydrogen-bond donors (Lipinski definition) is 2. The van der Waals surface area contributed by atoms with Crippen LogP contribution in [0.1, 0.15) is 35.7 Å². The van der Waals surface area contributed by atoms with Crippen LogP contribution in [-0.2, 0) is 16.0 Å². The number of H-pyrrole nitrogens is 1. The van der Waals surface area contributed by atoms with E-state index in [1.54, 1.807) is 0 Å². The lowest BCUT2D eigenvalue weighted by atomic mass is 10.0. The Morgan fingerprint density at radius 2 is 1.96 bits per heavy atom. The lowest BCUT2D eigenvalue weighted by Gasteiger charge is -2.17. The molecule has 1 fully saturated rings. The third-order valence-electron chi connectivity index (χ3n) is 4.97. The Morgan fingerprint density at radius 1 is 1.25 bits per heavy atom. The Kier molecular flexibility index (Phi) is 4.35. The molecule has 2 amide bonds. The lowest BCUT2D eigenvalue weighted by molar-refractivity contribution is -0.129. The SMILES string of the molecule is CC(=O)N[C@H]1CCN(C(=O)Cc2c(C)[nH]c3c(C)ccc(C)c23)C1. The zero-order valence-electron chi connectivity index (χ0n) is 14.8. The summed E-state index contributed by atoms with van der Waals surface area (Å²) in [7, 11) is 0. The van der Waals surface area contributed by atoms with Crippen LogP contribution in [0.15, 0.2) is 12.1 Å². The van der Waals surface area contributed by atoms with Gasteiger partial charge in [-0.1, -0.05) is 12.1 Å². The molecule has 0 saturated carbocycles. The Morgan fingerprint density at radius 3 is 2.67 bits per heavy atom. The minimum atomic E-state index is -0.0344. The molecule has 1 aromatic carbocycles. The summed E-state index contributed by atoms with van der Waals surface area (Å²) < 4.78 is 0. The van der Waals surface area contributed by atoms with Gasteiger partial charge in [-0.3, -0.25) is 9.59 Å². The highest BCUT2D eigenvalue weighted by Gasteiger charge is 2.27. The maximum absolute atomic E-state index is 12.7. The molecule has 1 aliphatic heterocycles. The molecule has 0 radical (unpaired) electrons. The van der Waals surface area contributed by atoms with E-state index in [1.807, 2.05) is 11.8 Å². The van der Waals surface area contributed by atoms with Gasteiger partial charge in [0.15, 0.2) is 0 Å². The number of nitrogens with zero attached hydrogens (tertiary/aromatic N) is 1. The number of fused-ring (bicyclic) bond motifs is 1. The molecule has 3 rings (SSSR count). The van der Waals surface area contributed by atoms with Crippen LogP contribution >= 0.6 is 0 Å². The quantitative estimate of drug-likeness (QED) is 0.909. The van der Waals surface area contributed by atoms with Crippen molar-refractivity contribution in [1.82, 2.24) is 15.2 Å². The predicted molar refractivity (Wildman–Crippen MR) is 95.0 cm³/mol. The molecule has 0 aliphatic carbocycles. The van der Waals surface area contributed by atoms with Crippen LogP contribution in [0.25, 0.3) is 10.9 Å². The summed E-state index contributed by atoms with van der Waals surface area (Å²) in [6, 6.07) is 4.30. The maximum atomic E-state index is 12.7. The topological polar surface area (TPSA) is 65.2 Å². The number of nitrogens with one attached hydrogen (secondary N) is 2. The van der Waals surface area contributed by atoms with E-state index in [4.69, 9.17) is 0 Å². The largest absolute Gasteiger partial charge is 0.358 e. The van der Waals surface area contributed by atoms with Crippen LogP contribution in [0.5, 0.6) is 0 Å². The number of aryl methyl sites for hydroxylation is 3. The molecule has 1 saturated heterocycles. The van der Waals surface area contributed by atoms with E-state index in [2.05, 4.69) is 36.3 Å². The van der Waals surface area contributed by atoms with Gasteiger partial charge in [-0.2, -0.15) is 0 Å². The van der Waals surface area contributed by atoms with E-state index in [0.717, 1.165) is 23.2 Å². The van der Waals surface area contributed by atoms with Gasteiger partial charge in [0, 0.05) is 42.7 Å². The molecular weight excluding hydrogens is 302 g/mol. The number of carbonyl (C=O) groups excluding carboxylic acids is 2. The number of rotatable bonds is 3. The lowest BCUT2D eigenvalue weighted by Crippen LogP contribution is -2.37. The van der Waals surface area contributed by atoms with Crippen molar-refractivity contribution >= 4 is 22.7 Å². The van der Waals surface area contributed by atoms with E-state index in [-0.39, 0.29) is 17.9 Å². The molecule has 2 heterocycles. The Balaban J connectivity index is 1.81. The summed E-state index contributed by atoms with van der Waals surface area (Å²) in [5.74, 6) is 0.0978.